The summed E-state index contributed by atoms with van der Waals surface area (Å²) in [4.78, 5) is 25.6. The monoisotopic (exact) mass is 346 g/mol. The number of carbonyl (C=O) groups is 2. The average molecular weight is 346 g/mol. The van der Waals surface area contributed by atoms with Crippen LogP contribution in [0.15, 0.2) is 18.2 Å². The predicted molar refractivity (Wildman–Crippen MR) is 93.6 cm³/mol. The van der Waals surface area contributed by atoms with Gasteiger partial charge in [-0.05, 0) is 42.5 Å². The van der Waals surface area contributed by atoms with Crippen molar-refractivity contribution in [1.82, 2.24) is 10.2 Å². The molecule has 0 atom stereocenters. The Morgan fingerprint density at radius 2 is 1.92 bits per heavy atom. The highest BCUT2D eigenvalue weighted by Gasteiger charge is 2.17. The maximum atomic E-state index is 12.0. The fraction of sp³-hybridized carbons (Fsp3) is 0.579. The molecule has 0 bridgehead atoms. The standard InChI is InChI=1S/C19H26N2O4/c22-18(6-7-19(23)21-9-12-24-13-10-21)20-8-11-25-17-5-4-15-2-1-3-16(15)14-17/h4-5,14H,1-3,6-13H2,(H,20,22). The SMILES string of the molecule is O=C(CCC(=O)N1CCOCC1)NCCOc1ccc2c(c1)CCC2. The van der Waals surface area contributed by atoms with Crippen molar-refractivity contribution in [2.75, 3.05) is 39.5 Å². The van der Waals surface area contributed by atoms with Gasteiger partial charge in [-0.25, -0.2) is 0 Å². The van der Waals surface area contributed by atoms with Crippen LogP contribution < -0.4 is 10.1 Å². The van der Waals surface area contributed by atoms with Gasteiger partial charge in [0.05, 0.1) is 19.8 Å². The van der Waals surface area contributed by atoms with Crippen LogP contribution in [0, 0.1) is 0 Å². The topological polar surface area (TPSA) is 67.9 Å². The van der Waals surface area contributed by atoms with E-state index in [1.165, 1.54) is 17.5 Å². The number of nitrogens with one attached hydrogen (secondary N) is 1. The number of amides is 2. The maximum Gasteiger partial charge on any atom is 0.223 e. The Kier molecular flexibility index (Phi) is 6.28. The van der Waals surface area contributed by atoms with Gasteiger partial charge in [-0.1, -0.05) is 6.07 Å². The Morgan fingerprint density at radius 3 is 2.76 bits per heavy atom. The molecule has 6 heteroatoms. The van der Waals surface area contributed by atoms with Gasteiger partial charge in [0.15, 0.2) is 0 Å². The van der Waals surface area contributed by atoms with E-state index in [2.05, 4.69) is 17.4 Å². The van der Waals surface area contributed by atoms with Gasteiger partial charge in [0.1, 0.15) is 12.4 Å². The van der Waals surface area contributed by atoms with Crippen LogP contribution in [0.5, 0.6) is 5.75 Å². The van der Waals surface area contributed by atoms with Gasteiger partial charge < -0.3 is 19.7 Å². The van der Waals surface area contributed by atoms with Crippen molar-refractivity contribution >= 4 is 11.8 Å². The van der Waals surface area contributed by atoms with Crippen molar-refractivity contribution in [3.8, 4) is 5.75 Å². The number of rotatable bonds is 7. The van der Waals surface area contributed by atoms with Crippen LogP contribution in [0.4, 0.5) is 0 Å². The number of hydrogen-bond acceptors (Lipinski definition) is 4. The third kappa shape index (κ3) is 5.19. The van der Waals surface area contributed by atoms with Crippen LogP contribution in [0.3, 0.4) is 0 Å². The van der Waals surface area contributed by atoms with Crippen molar-refractivity contribution in [1.29, 1.82) is 0 Å². The predicted octanol–water partition coefficient (Wildman–Crippen LogP) is 1.31. The Labute approximate surface area is 148 Å². The molecule has 1 heterocycles. The Morgan fingerprint density at radius 1 is 1.12 bits per heavy atom. The highest BCUT2D eigenvalue weighted by molar-refractivity contribution is 5.83. The zero-order chi connectivity index (χ0) is 17.5. The van der Waals surface area contributed by atoms with Gasteiger partial charge in [0.25, 0.3) is 0 Å². The number of nitrogens with zero attached hydrogens (tertiary/aromatic N) is 1. The van der Waals surface area contributed by atoms with Crippen molar-refractivity contribution in [3.63, 3.8) is 0 Å². The zero-order valence-corrected chi connectivity index (χ0v) is 14.6. The van der Waals surface area contributed by atoms with Gasteiger partial charge in [-0.3, -0.25) is 9.59 Å². The third-order valence-electron chi connectivity index (χ3n) is 4.69. The van der Waals surface area contributed by atoms with E-state index >= 15 is 0 Å². The van der Waals surface area contributed by atoms with E-state index in [0.29, 0.717) is 39.5 Å². The summed E-state index contributed by atoms with van der Waals surface area (Å²) < 4.78 is 10.9. The maximum absolute atomic E-state index is 12.0. The van der Waals surface area contributed by atoms with Gasteiger partial charge >= 0.3 is 0 Å². The molecular formula is C19H26N2O4. The third-order valence-corrected chi connectivity index (χ3v) is 4.69. The molecule has 25 heavy (non-hydrogen) atoms. The van der Waals surface area contributed by atoms with Gasteiger partial charge in [-0.15, -0.1) is 0 Å². The van der Waals surface area contributed by atoms with E-state index in [1.807, 2.05) is 6.07 Å². The first-order valence-electron chi connectivity index (χ1n) is 9.09. The molecule has 0 aromatic heterocycles. The number of hydrogen-bond donors (Lipinski definition) is 1. The van der Waals surface area contributed by atoms with Crippen LogP contribution in [-0.4, -0.2) is 56.2 Å². The zero-order valence-electron chi connectivity index (χ0n) is 14.6. The van der Waals surface area contributed by atoms with Crippen LogP contribution in [-0.2, 0) is 27.2 Å². The van der Waals surface area contributed by atoms with E-state index in [9.17, 15) is 9.59 Å². The summed E-state index contributed by atoms with van der Waals surface area (Å²) in [6.45, 7) is 3.28. The smallest absolute Gasteiger partial charge is 0.223 e. The molecule has 136 valence electrons. The lowest BCUT2D eigenvalue weighted by Gasteiger charge is -2.26. The van der Waals surface area contributed by atoms with E-state index in [-0.39, 0.29) is 24.7 Å². The molecule has 1 aliphatic heterocycles. The first-order valence-corrected chi connectivity index (χ1v) is 9.09. The number of fused-ring (bicyclic) bond motifs is 1. The number of carbonyl (C=O) groups excluding carboxylic acids is 2. The summed E-state index contributed by atoms with van der Waals surface area (Å²) in [6.07, 6.45) is 3.97. The quantitative estimate of drug-likeness (QED) is 0.756. The molecule has 0 radical (unpaired) electrons. The summed E-state index contributed by atoms with van der Waals surface area (Å²) in [5.41, 5.74) is 2.80. The molecule has 1 aromatic rings. The molecule has 1 fully saturated rings. The number of benzene rings is 1. The Hall–Kier alpha value is -2.08. The number of aryl methyl sites for hydroxylation is 2. The minimum atomic E-state index is -0.112. The van der Waals surface area contributed by atoms with Gasteiger partial charge in [0.2, 0.25) is 11.8 Å². The first kappa shape index (κ1) is 17.7. The molecule has 1 aromatic carbocycles. The highest BCUT2D eigenvalue weighted by atomic mass is 16.5. The summed E-state index contributed by atoms with van der Waals surface area (Å²) in [6, 6.07) is 6.23. The molecule has 6 nitrogen and oxygen atoms in total. The normalized spacial score (nSPS) is 16.4. The Bertz CT molecular complexity index is 611. The van der Waals surface area contributed by atoms with Crippen molar-refractivity contribution in [3.05, 3.63) is 29.3 Å². The second kappa shape index (κ2) is 8.85. The lowest BCUT2D eigenvalue weighted by molar-refractivity contribution is -0.137. The number of ether oxygens (including phenoxy) is 2. The molecular weight excluding hydrogens is 320 g/mol. The van der Waals surface area contributed by atoms with E-state index in [0.717, 1.165) is 18.6 Å². The lowest BCUT2D eigenvalue weighted by Crippen LogP contribution is -2.41. The second-order valence-electron chi connectivity index (χ2n) is 6.48. The van der Waals surface area contributed by atoms with E-state index < -0.39 is 0 Å². The Balaban J connectivity index is 1.29. The summed E-state index contributed by atoms with van der Waals surface area (Å²) >= 11 is 0. The second-order valence-corrected chi connectivity index (χ2v) is 6.48. The molecule has 0 saturated carbocycles. The van der Waals surface area contributed by atoms with Crippen LogP contribution in [0.1, 0.15) is 30.4 Å². The molecule has 3 rings (SSSR count). The number of morpholine rings is 1. The van der Waals surface area contributed by atoms with E-state index in [4.69, 9.17) is 9.47 Å². The molecule has 1 N–H and O–H groups in total. The van der Waals surface area contributed by atoms with Crippen molar-refractivity contribution < 1.29 is 19.1 Å². The largest absolute Gasteiger partial charge is 0.492 e. The van der Waals surface area contributed by atoms with Gasteiger partial charge in [-0.2, -0.15) is 0 Å². The fourth-order valence-corrected chi connectivity index (χ4v) is 3.28. The summed E-state index contributed by atoms with van der Waals surface area (Å²) in [5.74, 6) is 0.768. The highest BCUT2D eigenvalue weighted by Crippen LogP contribution is 2.25. The van der Waals surface area contributed by atoms with Crippen LogP contribution in [0.25, 0.3) is 0 Å². The van der Waals surface area contributed by atoms with Crippen LogP contribution >= 0.6 is 0 Å². The fourth-order valence-electron chi connectivity index (χ4n) is 3.28. The molecule has 1 aliphatic carbocycles. The summed E-state index contributed by atoms with van der Waals surface area (Å²) in [7, 11) is 0. The first-order chi connectivity index (χ1) is 12.2. The minimum absolute atomic E-state index is 0.0211. The molecule has 2 amide bonds. The van der Waals surface area contributed by atoms with Gasteiger partial charge in [0, 0.05) is 25.9 Å². The van der Waals surface area contributed by atoms with E-state index in [1.54, 1.807) is 4.90 Å². The molecule has 2 aliphatic rings. The molecule has 0 unspecified atom stereocenters. The molecule has 0 spiro atoms. The van der Waals surface area contributed by atoms with Crippen molar-refractivity contribution in [2.24, 2.45) is 0 Å². The summed E-state index contributed by atoms with van der Waals surface area (Å²) in [5, 5.41) is 2.80. The molecule has 1 saturated heterocycles. The minimum Gasteiger partial charge on any atom is -0.492 e. The average Bonchev–Trinajstić information content (AvgIpc) is 3.12. The van der Waals surface area contributed by atoms with Crippen LogP contribution in [0.2, 0.25) is 0 Å². The van der Waals surface area contributed by atoms with Crippen molar-refractivity contribution in [2.45, 2.75) is 32.1 Å². The lowest BCUT2D eigenvalue weighted by atomic mass is 10.1.